The van der Waals surface area contributed by atoms with E-state index >= 15 is 0 Å². The number of aromatic hydroxyl groups is 1. The minimum absolute atomic E-state index is 0.0614. The lowest BCUT2D eigenvalue weighted by molar-refractivity contribution is -0.136. The fraction of sp³-hybridized carbons (Fsp3) is 0.192. The summed E-state index contributed by atoms with van der Waals surface area (Å²) >= 11 is 7.08. The van der Waals surface area contributed by atoms with Gasteiger partial charge in [0.15, 0.2) is 5.75 Å². The van der Waals surface area contributed by atoms with Gasteiger partial charge in [-0.1, -0.05) is 56.3 Å². The minimum Gasteiger partial charge on any atom is -0.507 e. The number of carboxylic acids is 1. The van der Waals surface area contributed by atoms with Crippen molar-refractivity contribution in [2.24, 2.45) is 0 Å². The summed E-state index contributed by atoms with van der Waals surface area (Å²) in [5, 5.41) is 19.7. The molecule has 3 rings (SSSR count). The second-order valence-electron chi connectivity index (χ2n) is 7.73. The molecule has 6 heteroatoms. The Kier molecular flexibility index (Phi) is 8.15. The quantitative estimate of drug-likeness (QED) is 0.274. The van der Waals surface area contributed by atoms with Gasteiger partial charge in [0.25, 0.3) is 0 Å². The van der Waals surface area contributed by atoms with Gasteiger partial charge in [-0.2, -0.15) is 0 Å². The molecule has 0 aliphatic rings. The van der Waals surface area contributed by atoms with Crippen LogP contribution in [0.25, 0.3) is 12.2 Å². The molecule has 0 aliphatic carbocycles. The predicted molar refractivity (Wildman–Crippen MR) is 135 cm³/mol. The molecule has 166 valence electrons. The largest absolute Gasteiger partial charge is 0.507 e. The van der Waals surface area contributed by atoms with Crippen LogP contribution in [-0.2, 0) is 11.2 Å². The van der Waals surface area contributed by atoms with Gasteiger partial charge in [0.05, 0.1) is 8.95 Å². The van der Waals surface area contributed by atoms with E-state index in [9.17, 15) is 9.90 Å². The zero-order valence-corrected chi connectivity index (χ0v) is 21.0. The van der Waals surface area contributed by atoms with E-state index in [1.54, 1.807) is 6.07 Å². The molecule has 4 nitrogen and oxygen atoms in total. The lowest BCUT2D eigenvalue weighted by Crippen LogP contribution is -1.98. The van der Waals surface area contributed by atoms with Gasteiger partial charge >= 0.3 is 5.97 Å². The molecule has 0 unspecified atom stereocenters. The van der Waals surface area contributed by atoms with E-state index in [1.165, 1.54) is 0 Å². The van der Waals surface area contributed by atoms with Crippen LogP contribution < -0.4 is 4.74 Å². The Hall–Kier alpha value is -2.57. The monoisotopic (exact) mass is 558 g/mol. The molecule has 0 spiro atoms. The molecule has 0 radical (unpaired) electrons. The number of phenolic OH excluding ortho intramolecular Hbond substituents is 1. The maximum absolute atomic E-state index is 10.9. The molecule has 0 saturated heterocycles. The van der Waals surface area contributed by atoms with E-state index in [0.29, 0.717) is 32.4 Å². The molecular formula is C26H24Br2O4. The number of carboxylic acid groups (broad SMARTS) is 1. The topological polar surface area (TPSA) is 66.8 Å². The van der Waals surface area contributed by atoms with Gasteiger partial charge in [-0.3, -0.25) is 4.79 Å². The number of hydrogen-bond donors (Lipinski definition) is 2. The standard InChI is InChI=1S/C26H24Br2O4/c1-16(2)21-15-20(14-19(25(21)31)10-8-17-6-4-3-5-7-17)32-26-22(27)12-18(13-23(26)28)9-11-24(29)30/h3-8,10,12-16,31H,9,11H2,1-2H3,(H,29,30). The molecule has 0 aliphatic heterocycles. The number of ether oxygens (including phenoxy) is 1. The number of halogens is 2. The second kappa shape index (κ2) is 10.8. The molecule has 0 amide bonds. The third-order valence-corrected chi connectivity index (χ3v) is 6.10. The minimum atomic E-state index is -0.834. The Bertz CT molecular complexity index is 1120. The molecule has 0 bridgehead atoms. The Morgan fingerprint density at radius 2 is 1.69 bits per heavy atom. The van der Waals surface area contributed by atoms with Crippen LogP contribution in [0.2, 0.25) is 0 Å². The summed E-state index contributed by atoms with van der Waals surface area (Å²) in [6.07, 6.45) is 4.32. The van der Waals surface area contributed by atoms with Crippen molar-refractivity contribution >= 4 is 50.0 Å². The summed E-state index contributed by atoms with van der Waals surface area (Å²) in [7, 11) is 0. The van der Waals surface area contributed by atoms with Gasteiger partial charge in [0, 0.05) is 17.5 Å². The maximum atomic E-state index is 10.9. The smallest absolute Gasteiger partial charge is 0.303 e. The van der Waals surface area contributed by atoms with Crippen molar-refractivity contribution in [3.63, 3.8) is 0 Å². The van der Waals surface area contributed by atoms with Gasteiger partial charge in [-0.05, 0) is 79.6 Å². The Labute approximate surface area is 204 Å². The fourth-order valence-corrected chi connectivity index (χ4v) is 4.69. The summed E-state index contributed by atoms with van der Waals surface area (Å²) in [5.41, 5.74) is 3.38. The van der Waals surface area contributed by atoms with Crippen molar-refractivity contribution in [2.75, 3.05) is 0 Å². The van der Waals surface area contributed by atoms with Gasteiger partial charge in [0.1, 0.15) is 11.5 Å². The summed E-state index contributed by atoms with van der Waals surface area (Å²) in [6, 6.07) is 17.3. The molecule has 0 aromatic heterocycles. The van der Waals surface area contributed by atoms with Crippen molar-refractivity contribution in [1.82, 2.24) is 0 Å². The van der Waals surface area contributed by atoms with Crippen LogP contribution in [0.15, 0.2) is 63.5 Å². The predicted octanol–water partition coefficient (Wildman–Crippen LogP) is 8.02. The fourth-order valence-electron chi connectivity index (χ4n) is 3.25. The maximum Gasteiger partial charge on any atom is 0.303 e. The van der Waals surface area contributed by atoms with E-state index in [4.69, 9.17) is 9.84 Å². The zero-order chi connectivity index (χ0) is 23.3. The van der Waals surface area contributed by atoms with Gasteiger partial charge in [-0.15, -0.1) is 0 Å². The summed E-state index contributed by atoms with van der Waals surface area (Å²) in [4.78, 5) is 10.9. The van der Waals surface area contributed by atoms with E-state index in [1.807, 2.05) is 74.5 Å². The first-order chi connectivity index (χ1) is 15.2. The van der Waals surface area contributed by atoms with Crippen molar-refractivity contribution < 1.29 is 19.7 Å². The van der Waals surface area contributed by atoms with Crippen LogP contribution in [0.5, 0.6) is 17.2 Å². The first-order valence-corrected chi connectivity index (χ1v) is 11.8. The first-order valence-electron chi connectivity index (χ1n) is 10.2. The number of aryl methyl sites for hydroxylation is 1. The van der Waals surface area contributed by atoms with Crippen LogP contribution in [-0.4, -0.2) is 16.2 Å². The number of carbonyl (C=O) groups is 1. The summed E-state index contributed by atoms with van der Waals surface area (Å²) in [6.45, 7) is 4.04. The Morgan fingerprint density at radius 1 is 1.03 bits per heavy atom. The van der Waals surface area contributed by atoms with Crippen LogP contribution in [0.4, 0.5) is 0 Å². The number of aliphatic carboxylic acids is 1. The SMILES string of the molecule is CC(C)c1cc(Oc2c(Br)cc(CCC(=O)O)cc2Br)cc(C=Cc2ccccc2)c1O. The molecule has 0 heterocycles. The average molecular weight is 560 g/mol. The lowest BCUT2D eigenvalue weighted by Gasteiger charge is -2.16. The van der Waals surface area contributed by atoms with Crippen LogP contribution in [0.1, 0.15) is 48.4 Å². The van der Waals surface area contributed by atoms with Crippen molar-refractivity contribution in [3.8, 4) is 17.2 Å². The van der Waals surface area contributed by atoms with Crippen molar-refractivity contribution in [2.45, 2.75) is 32.6 Å². The van der Waals surface area contributed by atoms with Gasteiger partial charge in [-0.25, -0.2) is 0 Å². The Morgan fingerprint density at radius 3 is 2.28 bits per heavy atom. The highest BCUT2D eigenvalue weighted by Crippen LogP contribution is 2.41. The highest BCUT2D eigenvalue weighted by molar-refractivity contribution is 9.11. The molecular weight excluding hydrogens is 536 g/mol. The first kappa shape index (κ1) is 24.1. The molecule has 32 heavy (non-hydrogen) atoms. The molecule has 0 saturated carbocycles. The molecule has 3 aromatic rings. The summed E-state index contributed by atoms with van der Waals surface area (Å²) < 4.78 is 7.64. The Balaban J connectivity index is 1.95. The third kappa shape index (κ3) is 6.24. The van der Waals surface area contributed by atoms with E-state index in [2.05, 4.69) is 31.9 Å². The molecule has 0 fully saturated rings. The van der Waals surface area contributed by atoms with Crippen LogP contribution in [0, 0.1) is 0 Å². The third-order valence-electron chi connectivity index (χ3n) is 4.92. The van der Waals surface area contributed by atoms with Crippen molar-refractivity contribution in [1.29, 1.82) is 0 Å². The van der Waals surface area contributed by atoms with E-state index < -0.39 is 5.97 Å². The number of hydrogen-bond acceptors (Lipinski definition) is 3. The number of benzene rings is 3. The highest BCUT2D eigenvalue weighted by atomic mass is 79.9. The second-order valence-corrected chi connectivity index (χ2v) is 9.44. The van der Waals surface area contributed by atoms with E-state index in [-0.39, 0.29) is 18.1 Å². The van der Waals surface area contributed by atoms with Crippen molar-refractivity contribution in [3.05, 3.63) is 85.8 Å². The normalized spacial score (nSPS) is 11.3. The van der Waals surface area contributed by atoms with Crippen LogP contribution >= 0.6 is 31.9 Å². The van der Waals surface area contributed by atoms with Gasteiger partial charge in [0.2, 0.25) is 0 Å². The number of rotatable bonds is 8. The average Bonchev–Trinajstić information content (AvgIpc) is 2.75. The number of phenols is 1. The van der Waals surface area contributed by atoms with Gasteiger partial charge < -0.3 is 14.9 Å². The molecule has 0 atom stereocenters. The van der Waals surface area contributed by atoms with E-state index in [0.717, 1.165) is 16.7 Å². The zero-order valence-electron chi connectivity index (χ0n) is 17.8. The molecule has 3 aromatic carbocycles. The highest BCUT2D eigenvalue weighted by Gasteiger charge is 2.16. The summed E-state index contributed by atoms with van der Waals surface area (Å²) in [5.74, 6) is 0.690. The van der Waals surface area contributed by atoms with Crippen LogP contribution in [0.3, 0.4) is 0 Å². The lowest BCUT2D eigenvalue weighted by atomic mass is 9.98. The molecule has 2 N–H and O–H groups in total.